The monoisotopic (exact) mass is 543 g/mol. The fraction of sp³-hybridized carbons (Fsp3) is 0.567. The van der Waals surface area contributed by atoms with Gasteiger partial charge in [0.05, 0.1) is 30.3 Å². The molecule has 0 aliphatic heterocycles. The molecule has 0 spiro atoms. The van der Waals surface area contributed by atoms with Gasteiger partial charge in [-0.05, 0) is 33.1 Å². The van der Waals surface area contributed by atoms with Crippen molar-refractivity contribution in [3.63, 3.8) is 0 Å². The molecule has 8 heteroatoms. The van der Waals surface area contributed by atoms with Crippen molar-refractivity contribution in [2.75, 3.05) is 26.1 Å². The summed E-state index contributed by atoms with van der Waals surface area (Å²) in [6.45, 7) is 16.8. The molecular weight excluding hydrogens is 498 g/mol. The van der Waals surface area contributed by atoms with Crippen molar-refractivity contribution in [3.05, 3.63) is 39.9 Å². The molecule has 0 radical (unpaired) electrons. The molecule has 3 rings (SSSR count). The van der Waals surface area contributed by atoms with Gasteiger partial charge in [-0.3, -0.25) is 4.98 Å². The van der Waals surface area contributed by atoms with Crippen LogP contribution in [0.1, 0.15) is 95.5 Å². The van der Waals surface area contributed by atoms with Gasteiger partial charge >= 0.3 is 0 Å². The van der Waals surface area contributed by atoms with Gasteiger partial charge in [0, 0.05) is 43.2 Å². The number of halogens is 1. The molecule has 0 fully saturated rings. The maximum Gasteiger partial charge on any atom is 0.223 e. The second-order valence-corrected chi connectivity index (χ2v) is 9.02. The molecule has 0 atom stereocenters. The van der Waals surface area contributed by atoms with E-state index >= 15 is 0 Å². The SMILES string of the molecule is CC.CCCCCC#Cc1cn(Cc2ncc(C)c(OC)c2C)c2nc(N)nc(Cl)c12.CCCOCCC. The van der Waals surface area contributed by atoms with Crippen LogP contribution >= 0.6 is 11.6 Å². The van der Waals surface area contributed by atoms with Crippen LogP contribution < -0.4 is 10.5 Å². The number of nitrogens with zero attached hydrogens (tertiary/aromatic N) is 4. The number of hydrogen-bond donors (Lipinski definition) is 1. The largest absolute Gasteiger partial charge is 0.496 e. The third-order valence-corrected chi connectivity index (χ3v) is 5.86. The summed E-state index contributed by atoms with van der Waals surface area (Å²) in [5, 5.41) is 1.04. The van der Waals surface area contributed by atoms with Gasteiger partial charge in [-0.1, -0.05) is 70.9 Å². The number of hydrogen-bond acceptors (Lipinski definition) is 6. The van der Waals surface area contributed by atoms with Crippen molar-refractivity contribution in [2.24, 2.45) is 0 Å². The fourth-order valence-corrected chi connectivity index (χ4v) is 4.05. The summed E-state index contributed by atoms with van der Waals surface area (Å²) in [7, 11) is 1.67. The first kappa shape index (κ1) is 33.2. The zero-order valence-electron chi connectivity index (χ0n) is 24.6. The highest BCUT2D eigenvalue weighted by Crippen LogP contribution is 2.29. The number of fused-ring (bicyclic) bond motifs is 1. The molecule has 0 aromatic carbocycles. The molecule has 0 saturated heterocycles. The maximum atomic E-state index is 6.40. The van der Waals surface area contributed by atoms with Crippen LogP contribution in [0.15, 0.2) is 12.4 Å². The molecule has 0 aliphatic carbocycles. The van der Waals surface area contributed by atoms with Gasteiger partial charge in [-0.15, -0.1) is 0 Å². The molecule has 0 bridgehead atoms. The smallest absolute Gasteiger partial charge is 0.223 e. The topological polar surface area (TPSA) is 88.1 Å². The van der Waals surface area contributed by atoms with E-state index in [9.17, 15) is 0 Å². The summed E-state index contributed by atoms with van der Waals surface area (Å²) in [6.07, 6.45) is 10.3. The Morgan fingerprint density at radius 2 is 1.71 bits per heavy atom. The van der Waals surface area contributed by atoms with Gasteiger partial charge in [0.1, 0.15) is 16.5 Å². The minimum atomic E-state index is 0.135. The van der Waals surface area contributed by atoms with Crippen LogP contribution in [-0.4, -0.2) is 39.8 Å². The van der Waals surface area contributed by atoms with E-state index in [-0.39, 0.29) is 5.95 Å². The van der Waals surface area contributed by atoms with E-state index in [0.717, 1.165) is 72.4 Å². The van der Waals surface area contributed by atoms with Gasteiger partial charge in [-0.25, -0.2) is 4.98 Å². The van der Waals surface area contributed by atoms with E-state index in [2.05, 4.69) is 47.6 Å². The second kappa shape index (κ2) is 18.4. The van der Waals surface area contributed by atoms with Crippen LogP contribution in [0.5, 0.6) is 5.75 Å². The van der Waals surface area contributed by atoms with Crippen LogP contribution in [0.4, 0.5) is 5.95 Å². The van der Waals surface area contributed by atoms with E-state index in [4.69, 9.17) is 26.8 Å². The standard InChI is InChI=1S/C22H26ClN5O.C6H14O.C2H6/c1-5-6-7-8-9-10-16-12-28(21-18(16)20(23)26-22(24)27-21)13-17-15(3)19(29-4)14(2)11-25-17;1-3-5-7-6-4-2;1-2/h11-12H,5-8,13H2,1-4H3,(H2,24,26,27);3-6H2,1-2H3;1-2H3. The zero-order valence-corrected chi connectivity index (χ0v) is 25.3. The van der Waals surface area contributed by atoms with Crippen molar-refractivity contribution in [3.8, 4) is 17.6 Å². The van der Waals surface area contributed by atoms with Crippen LogP contribution in [-0.2, 0) is 11.3 Å². The van der Waals surface area contributed by atoms with E-state index < -0.39 is 0 Å². The summed E-state index contributed by atoms with van der Waals surface area (Å²) in [5.41, 5.74) is 10.2. The van der Waals surface area contributed by atoms with Crippen molar-refractivity contribution >= 4 is 28.6 Å². The summed E-state index contributed by atoms with van der Waals surface area (Å²) in [4.78, 5) is 13.1. The molecule has 0 saturated carbocycles. The van der Waals surface area contributed by atoms with E-state index in [0.29, 0.717) is 17.3 Å². The minimum absolute atomic E-state index is 0.135. The number of nitrogen functional groups attached to an aromatic ring is 1. The van der Waals surface area contributed by atoms with Crippen molar-refractivity contribution in [1.82, 2.24) is 19.5 Å². The summed E-state index contributed by atoms with van der Waals surface area (Å²) >= 11 is 6.40. The molecule has 3 heterocycles. The lowest BCUT2D eigenvalue weighted by molar-refractivity contribution is 0.135. The molecule has 210 valence electrons. The van der Waals surface area contributed by atoms with Crippen molar-refractivity contribution in [1.29, 1.82) is 0 Å². The average Bonchev–Trinajstić information content (AvgIpc) is 3.25. The highest BCUT2D eigenvalue weighted by Gasteiger charge is 2.17. The molecule has 7 nitrogen and oxygen atoms in total. The number of pyridine rings is 1. The molecule has 2 N–H and O–H groups in total. The number of aryl methyl sites for hydroxylation is 1. The predicted octanol–water partition coefficient (Wildman–Crippen LogP) is 7.52. The molecule has 0 amide bonds. The van der Waals surface area contributed by atoms with Crippen LogP contribution in [0, 0.1) is 25.7 Å². The summed E-state index contributed by atoms with van der Waals surface area (Å²) in [5.74, 6) is 7.46. The van der Waals surface area contributed by atoms with Gasteiger partial charge in [0.15, 0.2) is 0 Å². The Morgan fingerprint density at radius 3 is 2.32 bits per heavy atom. The first-order chi connectivity index (χ1) is 18.4. The number of anilines is 1. The lowest BCUT2D eigenvalue weighted by Gasteiger charge is -2.13. The molecule has 3 aromatic heterocycles. The third-order valence-electron chi connectivity index (χ3n) is 5.58. The Kier molecular flexibility index (Phi) is 16.1. The van der Waals surface area contributed by atoms with Crippen LogP contribution in [0.3, 0.4) is 0 Å². The Labute approximate surface area is 234 Å². The number of ether oxygens (including phenoxy) is 2. The van der Waals surface area contributed by atoms with Gasteiger partial charge < -0.3 is 19.8 Å². The average molecular weight is 544 g/mol. The molecular formula is C30H46ClN5O2. The maximum absolute atomic E-state index is 6.40. The lowest BCUT2D eigenvalue weighted by atomic mass is 10.1. The first-order valence-electron chi connectivity index (χ1n) is 13.7. The van der Waals surface area contributed by atoms with E-state index in [1.54, 1.807) is 7.11 Å². The highest BCUT2D eigenvalue weighted by molar-refractivity contribution is 6.34. The first-order valence-corrected chi connectivity index (χ1v) is 14.1. The zero-order chi connectivity index (χ0) is 28.5. The van der Waals surface area contributed by atoms with Gasteiger partial charge in [0.2, 0.25) is 5.95 Å². The quantitative estimate of drug-likeness (QED) is 0.162. The Hall–Kier alpha value is -2.82. The Bertz CT molecular complexity index is 1180. The highest BCUT2D eigenvalue weighted by atomic mass is 35.5. The normalized spacial score (nSPS) is 10.1. The number of rotatable bonds is 10. The molecule has 0 aliphatic rings. The summed E-state index contributed by atoms with van der Waals surface area (Å²) < 4.78 is 12.6. The third kappa shape index (κ3) is 9.81. The number of nitrogens with two attached hydrogens (primary N) is 1. The number of aromatic nitrogens is 4. The van der Waals surface area contributed by atoms with Gasteiger partial charge in [-0.2, -0.15) is 4.98 Å². The van der Waals surface area contributed by atoms with Crippen LogP contribution in [0.2, 0.25) is 5.15 Å². The fourth-order valence-electron chi connectivity index (χ4n) is 3.78. The number of methoxy groups -OCH3 is 1. The van der Waals surface area contributed by atoms with Crippen molar-refractivity contribution in [2.45, 2.75) is 93.5 Å². The minimum Gasteiger partial charge on any atom is -0.496 e. The molecule has 0 unspecified atom stereocenters. The molecule has 3 aromatic rings. The lowest BCUT2D eigenvalue weighted by Crippen LogP contribution is -2.07. The second-order valence-electron chi connectivity index (χ2n) is 8.66. The Balaban J connectivity index is 0.000000696. The number of unbranched alkanes of at least 4 members (excludes halogenated alkanes) is 3. The molecule has 38 heavy (non-hydrogen) atoms. The predicted molar refractivity (Wildman–Crippen MR) is 160 cm³/mol. The van der Waals surface area contributed by atoms with E-state index in [1.165, 1.54) is 12.8 Å². The van der Waals surface area contributed by atoms with Crippen LogP contribution in [0.25, 0.3) is 11.0 Å². The van der Waals surface area contributed by atoms with Gasteiger partial charge in [0.25, 0.3) is 0 Å². The Morgan fingerprint density at radius 1 is 1.03 bits per heavy atom. The van der Waals surface area contributed by atoms with Crippen molar-refractivity contribution < 1.29 is 9.47 Å². The summed E-state index contributed by atoms with van der Waals surface area (Å²) in [6, 6.07) is 0. The van der Waals surface area contributed by atoms with E-state index in [1.807, 2.05) is 44.7 Å².